The summed E-state index contributed by atoms with van der Waals surface area (Å²) in [6.45, 7) is 6.37. The van der Waals surface area contributed by atoms with Gasteiger partial charge in [-0.2, -0.15) is 5.10 Å². The van der Waals surface area contributed by atoms with E-state index in [9.17, 15) is 14.9 Å². The molecule has 1 saturated heterocycles. The van der Waals surface area contributed by atoms with Crippen molar-refractivity contribution in [2.45, 2.75) is 26.1 Å². The number of carbonyl (C=O) groups is 1. The number of benzene rings is 2. The van der Waals surface area contributed by atoms with Crippen molar-refractivity contribution in [1.29, 1.82) is 0 Å². The number of nitrogens with one attached hydrogen (secondary N) is 1. The first-order chi connectivity index (χ1) is 16.0. The summed E-state index contributed by atoms with van der Waals surface area (Å²) in [6, 6.07) is 18.5. The average Bonchev–Trinajstić information content (AvgIpc) is 3.31. The van der Waals surface area contributed by atoms with Gasteiger partial charge in [-0.3, -0.25) is 29.4 Å². The first-order valence-corrected chi connectivity index (χ1v) is 11.1. The van der Waals surface area contributed by atoms with Crippen LogP contribution in [0.1, 0.15) is 17.5 Å². The second kappa shape index (κ2) is 10.8. The normalized spacial score (nSPS) is 14.8. The Morgan fingerprint density at radius 3 is 2.12 bits per heavy atom. The number of nitrogens with zero attached hydrogens (tertiary/aromatic N) is 5. The van der Waals surface area contributed by atoms with Crippen molar-refractivity contribution in [3.8, 4) is 0 Å². The molecular weight excluding hydrogens is 420 g/mol. The quantitative estimate of drug-likeness (QED) is 0.399. The molecule has 3 aromatic rings. The maximum absolute atomic E-state index is 12.2. The SMILES string of the molecule is O=C(CCn1cc([N+](=O)[O-])cn1)Nc1ccc(CN2CCN(Cc3ccccc3)CC2)cc1. The van der Waals surface area contributed by atoms with Gasteiger partial charge < -0.3 is 5.32 Å². The summed E-state index contributed by atoms with van der Waals surface area (Å²) in [6.07, 6.45) is 2.69. The van der Waals surface area contributed by atoms with Gasteiger partial charge in [0.1, 0.15) is 12.4 Å². The van der Waals surface area contributed by atoms with Crippen molar-refractivity contribution in [2.24, 2.45) is 0 Å². The Kier molecular flexibility index (Phi) is 7.43. The molecule has 33 heavy (non-hydrogen) atoms. The van der Waals surface area contributed by atoms with Gasteiger partial charge >= 0.3 is 5.69 Å². The molecule has 1 aliphatic rings. The number of hydrogen-bond donors (Lipinski definition) is 1. The van der Waals surface area contributed by atoms with Crippen molar-refractivity contribution in [3.63, 3.8) is 0 Å². The number of piperazine rings is 1. The monoisotopic (exact) mass is 448 g/mol. The molecular formula is C24H28N6O3. The van der Waals surface area contributed by atoms with E-state index in [1.165, 1.54) is 28.2 Å². The Hall–Kier alpha value is -3.56. The van der Waals surface area contributed by atoms with Crippen LogP contribution in [0.2, 0.25) is 0 Å². The van der Waals surface area contributed by atoms with Crippen LogP contribution >= 0.6 is 0 Å². The Bertz CT molecular complexity index is 1060. The number of aromatic nitrogens is 2. The van der Waals surface area contributed by atoms with Gasteiger partial charge in [0.15, 0.2) is 0 Å². The van der Waals surface area contributed by atoms with E-state index in [4.69, 9.17) is 0 Å². The summed E-state index contributed by atoms with van der Waals surface area (Å²) in [5.74, 6) is -0.157. The van der Waals surface area contributed by atoms with Crippen molar-refractivity contribution >= 4 is 17.3 Å². The molecule has 0 aliphatic carbocycles. The predicted molar refractivity (Wildman–Crippen MR) is 126 cm³/mol. The third-order valence-corrected chi connectivity index (χ3v) is 5.76. The highest BCUT2D eigenvalue weighted by molar-refractivity contribution is 5.90. The number of carbonyl (C=O) groups excluding carboxylic acids is 1. The van der Waals surface area contributed by atoms with Crippen LogP contribution < -0.4 is 5.32 Å². The van der Waals surface area contributed by atoms with Crippen LogP contribution in [0, 0.1) is 10.1 Å². The molecule has 0 spiro atoms. The summed E-state index contributed by atoms with van der Waals surface area (Å²) in [4.78, 5) is 27.3. The maximum Gasteiger partial charge on any atom is 0.306 e. The molecule has 1 N–H and O–H groups in total. The van der Waals surface area contributed by atoms with Crippen LogP contribution in [0.3, 0.4) is 0 Å². The highest BCUT2D eigenvalue weighted by Crippen LogP contribution is 2.15. The molecule has 1 aliphatic heterocycles. The third kappa shape index (κ3) is 6.71. The first-order valence-electron chi connectivity index (χ1n) is 11.1. The Labute approximate surface area is 192 Å². The zero-order valence-corrected chi connectivity index (χ0v) is 18.5. The van der Waals surface area contributed by atoms with E-state index >= 15 is 0 Å². The van der Waals surface area contributed by atoms with Gasteiger partial charge in [0.2, 0.25) is 5.91 Å². The van der Waals surface area contributed by atoms with Gasteiger partial charge in [0.25, 0.3) is 0 Å². The lowest BCUT2D eigenvalue weighted by molar-refractivity contribution is -0.385. The molecule has 1 fully saturated rings. The fourth-order valence-corrected chi connectivity index (χ4v) is 3.91. The fraction of sp³-hybridized carbons (Fsp3) is 0.333. The molecule has 1 aromatic heterocycles. The van der Waals surface area contributed by atoms with Crippen LogP contribution in [0.15, 0.2) is 67.0 Å². The van der Waals surface area contributed by atoms with E-state index in [1.807, 2.05) is 24.3 Å². The topological polar surface area (TPSA) is 96.5 Å². The van der Waals surface area contributed by atoms with Gasteiger partial charge in [-0.1, -0.05) is 42.5 Å². The maximum atomic E-state index is 12.2. The van der Waals surface area contributed by atoms with Gasteiger partial charge in [-0.05, 0) is 23.3 Å². The minimum Gasteiger partial charge on any atom is -0.326 e. The number of rotatable bonds is 9. The van der Waals surface area contributed by atoms with Crippen LogP contribution in [0.5, 0.6) is 0 Å². The van der Waals surface area contributed by atoms with E-state index in [2.05, 4.69) is 50.5 Å². The van der Waals surface area contributed by atoms with Crippen LogP contribution in [-0.4, -0.2) is 56.6 Å². The Morgan fingerprint density at radius 1 is 0.939 bits per heavy atom. The van der Waals surface area contributed by atoms with Crippen LogP contribution in [-0.2, 0) is 24.4 Å². The summed E-state index contributed by atoms with van der Waals surface area (Å²) in [7, 11) is 0. The lowest BCUT2D eigenvalue weighted by atomic mass is 10.1. The molecule has 0 radical (unpaired) electrons. The number of hydrogen-bond acceptors (Lipinski definition) is 6. The summed E-state index contributed by atoms with van der Waals surface area (Å²) in [5.41, 5.74) is 3.23. The van der Waals surface area contributed by atoms with E-state index in [0.29, 0.717) is 0 Å². The summed E-state index contributed by atoms with van der Waals surface area (Å²) < 4.78 is 1.40. The van der Waals surface area contributed by atoms with Gasteiger partial charge in [-0.15, -0.1) is 0 Å². The minimum absolute atomic E-state index is 0.0800. The standard InChI is InChI=1S/C24H28N6O3/c31-24(10-11-29-19-23(16-25-29)30(32)33)26-22-8-6-21(7-9-22)18-28-14-12-27(13-15-28)17-20-4-2-1-3-5-20/h1-9,16,19H,10-15,17-18H2,(H,26,31). The smallest absolute Gasteiger partial charge is 0.306 e. The number of amides is 1. The highest BCUT2D eigenvalue weighted by Gasteiger charge is 2.17. The summed E-state index contributed by atoms with van der Waals surface area (Å²) >= 11 is 0. The number of nitro groups is 1. The molecule has 172 valence electrons. The molecule has 9 nitrogen and oxygen atoms in total. The minimum atomic E-state index is -0.504. The second-order valence-electron chi connectivity index (χ2n) is 8.25. The average molecular weight is 449 g/mol. The molecule has 0 saturated carbocycles. The molecule has 4 rings (SSSR count). The molecule has 0 bridgehead atoms. The van der Waals surface area contributed by atoms with E-state index in [1.54, 1.807) is 0 Å². The molecule has 9 heteroatoms. The van der Waals surface area contributed by atoms with Gasteiger partial charge in [0, 0.05) is 57.9 Å². The third-order valence-electron chi connectivity index (χ3n) is 5.76. The molecule has 0 unspecified atom stereocenters. The summed E-state index contributed by atoms with van der Waals surface area (Å²) in [5, 5.41) is 17.5. The van der Waals surface area contributed by atoms with E-state index in [0.717, 1.165) is 45.0 Å². The zero-order valence-electron chi connectivity index (χ0n) is 18.5. The lowest BCUT2D eigenvalue weighted by Gasteiger charge is -2.34. The van der Waals surface area contributed by atoms with Crippen LogP contribution in [0.4, 0.5) is 11.4 Å². The van der Waals surface area contributed by atoms with Gasteiger partial charge in [0.05, 0.1) is 4.92 Å². The van der Waals surface area contributed by atoms with Crippen molar-refractivity contribution in [1.82, 2.24) is 19.6 Å². The molecule has 2 heterocycles. The van der Waals surface area contributed by atoms with Crippen molar-refractivity contribution < 1.29 is 9.72 Å². The number of aryl methyl sites for hydroxylation is 1. The predicted octanol–water partition coefficient (Wildman–Crippen LogP) is 3.14. The van der Waals surface area contributed by atoms with Crippen LogP contribution in [0.25, 0.3) is 0 Å². The Morgan fingerprint density at radius 2 is 1.55 bits per heavy atom. The fourth-order valence-electron chi connectivity index (χ4n) is 3.91. The van der Waals surface area contributed by atoms with Gasteiger partial charge in [-0.25, -0.2) is 0 Å². The van der Waals surface area contributed by atoms with Crippen molar-refractivity contribution in [2.75, 3.05) is 31.5 Å². The first kappa shape index (κ1) is 22.6. The molecule has 0 atom stereocenters. The highest BCUT2D eigenvalue weighted by atomic mass is 16.6. The molecule has 2 aromatic carbocycles. The van der Waals surface area contributed by atoms with E-state index in [-0.39, 0.29) is 24.6 Å². The lowest BCUT2D eigenvalue weighted by Crippen LogP contribution is -2.45. The Balaban J connectivity index is 1.18. The van der Waals surface area contributed by atoms with E-state index < -0.39 is 4.92 Å². The van der Waals surface area contributed by atoms with Crippen molar-refractivity contribution in [3.05, 3.63) is 88.2 Å². The number of anilines is 1. The largest absolute Gasteiger partial charge is 0.326 e. The molecule has 1 amide bonds. The zero-order chi connectivity index (χ0) is 23.0. The second-order valence-corrected chi connectivity index (χ2v) is 8.25.